The third kappa shape index (κ3) is 3.80. The Morgan fingerprint density at radius 3 is 2.71 bits per heavy atom. The van der Waals surface area contributed by atoms with E-state index in [1.54, 1.807) is 0 Å². The predicted molar refractivity (Wildman–Crippen MR) is 75.6 cm³/mol. The largest absolute Gasteiger partial charge is 0.308 e. The molecule has 1 N–H and O–H groups in total. The highest BCUT2D eigenvalue weighted by Gasteiger charge is 2.32. The topological polar surface area (TPSA) is 15.3 Å². The molecule has 0 aromatic carbocycles. The molecule has 0 radical (unpaired) electrons. The molecular formula is C14H24N2S. The Balaban J connectivity index is 1.79. The molecule has 96 valence electrons. The SMILES string of the molecule is CCN(CC)CCNC(c1cccs1)C1CC1. The smallest absolute Gasteiger partial charge is 0.0443 e. The molecule has 1 heterocycles. The molecular weight excluding hydrogens is 228 g/mol. The van der Waals surface area contributed by atoms with Crippen molar-refractivity contribution < 1.29 is 0 Å². The average molecular weight is 252 g/mol. The van der Waals surface area contributed by atoms with Crippen molar-refractivity contribution in [3.05, 3.63) is 22.4 Å². The Morgan fingerprint density at radius 2 is 2.18 bits per heavy atom. The lowest BCUT2D eigenvalue weighted by Gasteiger charge is -2.21. The monoisotopic (exact) mass is 252 g/mol. The molecule has 2 rings (SSSR count). The minimum Gasteiger partial charge on any atom is -0.308 e. The van der Waals surface area contributed by atoms with Crippen LogP contribution in [-0.4, -0.2) is 31.1 Å². The van der Waals surface area contributed by atoms with E-state index in [1.807, 2.05) is 11.3 Å². The molecule has 0 aliphatic heterocycles. The molecule has 1 aromatic rings. The van der Waals surface area contributed by atoms with Gasteiger partial charge in [0.25, 0.3) is 0 Å². The molecule has 0 amide bonds. The minimum atomic E-state index is 0.616. The van der Waals surface area contributed by atoms with Crippen molar-refractivity contribution in [3.8, 4) is 0 Å². The highest BCUT2D eigenvalue weighted by molar-refractivity contribution is 7.10. The number of nitrogens with zero attached hydrogens (tertiary/aromatic N) is 1. The lowest BCUT2D eigenvalue weighted by atomic mass is 10.1. The Kier molecular flexibility index (Phi) is 5.01. The van der Waals surface area contributed by atoms with Crippen LogP contribution in [0.4, 0.5) is 0 Å². The maximum absolute atomic E-state index is 3.75. The van der Waals surface area contributed by atoms with Crippen molar-refractivity contribution in [2.75, 3.05) is 26.2 Å². The van der Waals surface area contributed by atoms with Gasteiger partial charge in [-0.05, 0) is 43.3 Å². The maximum atomic E-state index is 3.75. The van der Waals surface area contributed by atoms with E-state index < -0.39 is 0 Å². The van der Waals surface area contributed by atoms with Crippen LogP contribution >= 0.6 is 11.3 Å². The van der Waals surface area contributed by atoms with Gasteiger partial charge in [0, 0.05) is 24.0 Å². The summed E-state index contributed by atoms with van der Waals surface area (Å²) in [4.78, 5) is 4.00. The third-order valence-electron chi connectivity index (χ3n) is 3.63. The van der Waals surface area contributed by atoms with Crippen LogP contribution in [0.15, 0.2) is 17.5 Å². The van der Waals surface area contributed by atoms with Gasteiger partial charge in [-0.25, -0.2) is 0 Å². The third-order valence-corrected chi connectivity index (χ3v) is 4.59. The zero-order valence-corrected chi connectivity index (χ0v) is 11.8. The summed E-state index contributed by atoms with van der Waals surface area (Å²) >= 11 is 1.89. The van der Waals surface area contributed by atoms with Crippen LogP contribution < -0.4 is 5.32 Å². The van der Waals surface area contributed by atoms with Gasteiger partial charge in [0.1, 0.15) is 0 Å². The second-order valence-electron chi connectivity index (χ2n) is 4.81. The second kappa shape index (κ2) is 6.53. The summed E-state index contributed by atoms with van der Waals surface area (Å²) in [7, 11) is 0. The molecule has 1 atom stereocenters. The molecule has 0 bridgehead atoms. The van der Waals surface area contributed by atoms with E-state index in [2.05, 4.69) is 41.6 Å². The van der Waals surface area contributed by atoms with Crippen LogP contribution in [0.1, 0.15) is 37.6 Å². The van der Waals surface area contributed by atoms with E-state index in [-0.39, 0.29) is 0 Å². The van der Waals surface area contributed by atoms with E-state index in [1.165, 1.54) is 24.3 Å². The van der Waals surface area contributed by atoms with Crippen molar-refractivity contribution in [2.24, 2.45) is 5.92 Å². The van der Waals surface area contributed by atoms with Crippen molar-refractivity contribution in [1.82, 2.24) is 10.2 Å². The molecule has 1 aliphatic rings. The van der Waals surface area contributed by atoms with Crippen LogP contribution in [0.3, 0.4) is 0 Å². The van der Waals surface area contributed by atoms with Gasteiger partial charge in [-0.1, -0.05) is 19.9 Å². The fourth-order valence-electron chi connectivity index (χ4n) is 2.32. The van der Waals surface area contributed by atoms with Crippen LogP contribution in [0.5, 0.6) is 0 Å². The minimum absolute atomic E-state index is 0.616. The van der Waals surface area contributed by atoms with Crippen molar-refractivity contribution in [2.45, 2.75) is 32.7 Å². The van der Waals surface area contributed by atoms with E-state index in [9.17, 15) is 0 Å². The van der Waals surface area contributed by atoms with Gasteiger partial charge in [-0.3, -0.25) is 0 Å². The molecule has 1 saturated carbocycles. The summed E-state index contributed by atoms with van der Waals surface area (Å²) in [6, 6.07) is 5.06. The molecule has 2 nitrogen and oxygen atoms in total. The fraction of sp³-hybridized carbons (Fsp3) is 0.714. The van der Waals surface area contributed by atoms with E-state index in [4.69, 9.17) is 0 Å². The van der Waals surface area contributed by atoms with E-state index in [0.29, 0.717) is 6.04 Å². The highest BCUT2D eigenvalue weighted by Crippen LogP contribution is 2.42. The molecule has 0 saturated heterocycles. The Labute approximate surface area is 109 Å². The van der Waals surface area contributed by atoms with Gasteiger partial charge in [0.2, 0.25) is 0 Å². The molecule has 1 aromatic heterocycles. The first-order chi connectivity index (χ1) is 8.35. The van der Waals surface area contributed by atoms with E-state index >= 15 is 0 Å². The lowest BCUT2D eigenvalue weighted by molar-refractivity contribution is 0.293. The number of hydrogen-bond acceptors (Lipinski definition) is 3. The van der Waals surface area contributed by atoms with Crippen molar-refractivity contribution in [3.63, 3.8) is 0 Å². The first kappa shape index (κ1) is 13.1. The summed E-state index contributed by atoms with van der Waals surface area (Å²) < 4.78 is 0. The quantitative estimate of drug-likeness (QED) is 0.764. The summed E-state index contributed by atoms with van der Waals surface area (Å²) in [5, 5.41) is 5.94. The number of hydrogen-bond donors (Lipinski definition) is 1. The van der Waals surface area contributed by atoms with Gasteiger partial charge in [0.05, 0.1) is 0 Å². The Bertz CT molecular complexity index is 302. The van der Waals surface area contributed by atoms with Crippen molar-refractivity contribution >= 4 is 11.3 Å². The fourth-order valence-corrected chi connectivity index (χ4v) is 3.21. The lowest BCUT2D eigenvalue weighted by Crippen LogP contribution is -2.34. The Morgan fingerprint density at radius 1 is 1.41 bits per heavy atom. The second-order valence-corrected chi connectivity index (χ2v) is 5.79. The Hall–Kier alpha value is -0.380. The number of nitrogens with one attached hydrogen (secondary N) is 1. The highest BCUT2D eigenvalue weighted by atomic mass is 32.1. The molecule has 1 unspecified atom stereocenters. The van der Waals surface area contributed by atoms with Crippen LogP contribution in [0.2, 0.25) is 0 Å². The van der Waals surface area contributed by atoms with Crippen molar-refractivity contribution in [1.29, 1.82) is 0 Å². The average Bonchev–Trinajstić information content (AvgIpc) is 3.04. The number of rotatable bonds is 8. The van der Waals surface area contributed by atoms with Crippen LogP contribution in [-0.2, 0) is 0 Å². The summed E-state index contributed by atoms with van der Waals surface area (Å²) in [5.74, 6) is 0.894. The van der Waals surface area contributed by atoms with Gasteiger partial charge < -0.3 is 10.2 Å². The summed E-state index contributed by atoms with van der Waals surface area (Å²) in [5.41, 5.74) is 0. The molecule has 17 heavy (non-hydrogen) atoms. The zero-order valence-electron chi connectivity index (χ0n) is 11.0. The van der Waals surface area contributed by atoms with Crippen LogP contribution in [0.25, 0.3) is 0 Å². The predicted octanol–water partition coefficient (Wildman–Crippen LogP) is 3.13. The normalized spacial score (nSPS) is 17.6. The van der Waals surface area contributed by atoms with E-state index in [0.717, 1.165) is 25.6 Å². The molecule has 3 heteroatoms. The van der Waals surface area contributed by atoms with Crippen LogP contribution in [0, 0.1) is 5.92 Å². The molecule has 0 spiro atoms. The number of thiophene rings is 1. The zero-order chi connectivity index (χ0) is 12.1. The first-order valence-electron chi connectivity index (χ1n) is 6.84. The summed E-state index contributed by atoms with van der Waals surface area (Å²) in [6.45, 7) is 9.07. The number of likely N-dealkylation sites (N-methyl/N-ethyl adjacent to an activating group) is 1. The standard InChI is InChI=1S/C14H24N2S/c1-3-16(4-2)10-9-15-14(12-7-8-12)13-6-5-11-17-13/h5-6,11-12,14-15H,3-4,7-10H2,1-2H3. The van der Waals surface area contributed by atoms with Gasteiger partial charge >= 0.3 is 0 Å². The maximum Gasteiger partial charge on any atom is 0.0443 e. The summed E-state index contributed by atoms with van der Waals surface area (Å²) in [6.07, 6.45) is 2.81. The van der Waals surface area contributed by atoms with Gasteiger partial charge in [-0.15, -0.1) is 11.3 Å². The van der Waals surface area contributed by atoms with Gasteiger partial charge in [-0.2, -0.15) is 0 Å². The van der Waals surface area contributed by atoms with Gasteiger partial charge in [0.15, 0.2) is 0 Å². The first-order valence-corrected chi connectivity index (χ1v) is 7.72. The molecule has 1 fully saturated rings. The molecule has 1 aliphatic carbocycles.